The van der Waals surface area contributed by atoms with Crippen molar-refractivity contribution in [2.75, 3.05) is 14.2 Å². The summed E-state index contributed by atoms with van der Waals surface area (Å²) in [7, 11) is 3.14. The van der Waals surface area contributed by atoms with E-state index in [1.54, 1.807) is 52.3 Å². The molecular formula is C13H18O4. The van der Waals surface area contributed by atoms with Crippen molar-refractivity contribution in [2.45, 2.75) is 20.1 Å². The molecule has 0 fully saturated rings. The summed E-state index contributed by atoms with van der Waals surface area (Å²) in [5, 5.41) is 0. The van der Waals surface area contributed by atoms with Gasteiger partial charge >= 0.3 is 5.97 Å². The zero-order chi connectivity index (χ0) is 12.8. The van der Waals surface area contributed by atoms with Gasteiger partial charge in [-0.05, 0) is 12.1 Å². The van der Waals surface area contributed by atoms with Crippen LogP contribution in [0, 0.1) is 5.92 Å². The normalized spacial score (nSPS) is 10.9. The van der Waals surface area contributed by atoms with Gasteiger partial charge in [0.15, 0.2) is 6.29 Å². The average Bonchev–Trinajstić information content (AvgIpc) is 2.32. The molecule has 1 rings (SSSR count). The van der Waals surface area contributed by atoms with Gasteiger partial charge in [0.1, 0.15) is 5.75 Å². The first kappa shape index (κ1) is 13.7. The lowest BCUT2D eigenvalue weighted by Crippen LogP contribution is -2.14. The maximum atomic E-state index is 11.4. The SMILES string of the molecule is COC(OC)c1ccc(OC(=O)C(C)C)cc1. The molecule has 0 N–H and O–H groups in total. The molecule has 0 spiro atoms. The van der Waals surface area contributed by atoms with Crippen LogP contribution in [0.15, 0.2) is 24.3 Å². The van der Waals surface area contributed by atoms with Gasteiger partial charge in [-0.3, -0.25) is 4.79 Å². The highest BCUT2D eigenvalue weighted by Gasteiger charge is 2.11. The third kappa shape index (κ3) is 3.84. The molecule has 0 amide bonds. The van der Waals surface area contributed by atoms with Crippen LogP contribution in [0.2, 0.25) is 0 Å². The molecule has 0 bridgehead atoms. The quantitative estimate of drug-likeness (QED) is 0.449. The van der Waals surface area contributed by atoms with Crippen molar-refractivity contribution in [1.29, 1.82) is 0 Å². The molecule has 0 saturated carbocycles. The van der Waals surface area contributed by atoms with Crippen LogP contribution in [-0.4, -0.2) is 20.2 Å². The van der Waals surface area contributed by atoms with Crippen LogP contribution in [0.1, 0.15) is 25.7 Å². The number of benzene rings is 1. The van der Waals surface area contributed by atoms with Crippen molar-refractivity contribution in [3.05, 3.63) is 29.8 Å². The summed E-state index contributed by atoms with van der Waals surface area (Å²) in [4.78, 5) is 11.4. The Labute approximate surface area is 101 Å². The molecule has 0 radical (unpaired) electrons. The molecule has 17 heavy (non-hydrogen) atoms. The number of ether oxygens (including phenoxy) is 3. The minimum Gasteiger partial charge on any atom is -0.426 e. The Kier molecular flexibility index (Phi) is 5.12. The summed E-state index contributed by atoms with van der Waals surface area (Å²) < 4.78 is 15.4. The summed E-state index contributed by atoms with van der Waals surface area (Å²) in [6, 6.07) is 7.06. The molecule has 0 aliphatic heterocycles. The maximum Gasteiger partial charge on any atom is 0.313 e. The first-order valence-corrected chi connectivity index (χ1v) is 5.45. The Morgan fingerprint density at radius 3 is 2.00 bits per heavy atom. The van der Waals surface area contributed by atoms with E-state index in [1.165, 1.54) is 0 Å². The fourth-order valence-electron chi connectivity index (χ4n) is 1.30. The van der Waals surface area contributed by atoms with Crippen LogP contribution in [0.5, 0.6) is 5.75 Å². The Morgan fingerprint density at radius 1 is 1.06 bits per heavy atom. The van der Waals surface area contributed by atoms with Gasteiger partial charge in [-0.1, -0.05) is 26.0 Å². The van der Waals surface area contributed by atoms with E-state index in [0.717, 1.165) is 5.56 Å². The fourth-order valence-corrected chi connectivity index (χ4v) is 1.30. The smallest absolute Gasteiger partial charge is 0.313 e. The van der Waals surface area contributed by atoms with Crippen molar-refractivity contribution in [3.63, 3.8) is 0 Å². The second-order valence-electron chi connectivity index (χ2n) is 3.95. The number of hydrogen-bond donors (Lipinski definition) is 0. The fraction of sp³-hybridized carbons (Fsp3) is 0.462. The maximum absolute atomic E-state index is 11.4. The van der Waals surface area contributed by atoms with Crippen LogP contribution < -0.4 is 4.74 Å². The first-order chi connectivity index (χ1) is 8.08. The first-order valence-electron chi connectivity index (χ1n) is 5.45. The van der Waals surface area contributed by atoms with Gasteiger partial charge in [0.2, 0.25) is 0 Å². The molecule has 4 nitrogen and oxygen atoms in total. The summed E-state index contributed by atoms with van der Waals surface area (Å²) in [5.74, 6) is 0.145. The zero-order valence-corrected chi connectivity index (χ0v) is 10.6. The molecule has 94 valence electrons. The van der Waals surface area contributed by atoms with E-state index in [1.807, 2.05) is 0 Å². The van der Waals surface area contributed by atoms with Gasteiger partial charge in [0.25, 0.3) is 0 Å². The highest BCUT2D eigenvalue weighted by atomic mass is 16.7. The molecule has 0 aromatic heterocycles. The van der Waals surface area contributed by atoms with Crippen molar-refractivity contribution in [1.82, 2.24) is 0 Å². The number of hydrogen-bond acceptors (Lipinski definition) is 4. The molecule has 0 unspecified atom stereocenters. The van der Waals surface area contributed by atoms with E-state index in [2.05, 4.69) is 0 Å². The van der Waals surface area contributed by atoms with Gasteiger partial charge in [-0.25, -0.2) is 0 Å². The lowest BCUT2D eigenvalue weighted by Gasteiger charge is -2.14. The molecule has 4 heteroatoms. The van der Waals surface area contributed by atoms with Gasteiger partial charge in [-0.2, -0.15) is 0 Å². The van der Waals surface area contributed by atoms with Crippen LogP contribution >= 0.6 is 0 Å². The van der Waals surface area contributed by atoms with Crippen LogP contribution in [0.25, 0.3) is 0 Å². The minimum absolute atomic E-state index is 0.139. The Bertz CT molecular complexity index is 352. The molecule has 0 atom stereocenters. The molecule has 0 saturated heterocycles. The summed E-state index contributed by atoms with van der Waals surface area (Å²) in [5.41, 5.74) is 0.874. The van der Waals surface area contributed by atoms with Crippen molar-refractivity contribution < 1.29 is 19.0 Å². The second-order valence-corrected chi connectivity index (χ2v) is 3.95. The predicted molar refractivity (Wildman–Crippen MR) is 63.7 cm³/mol. The van der Waals surface area contributed by atoms with Gasteiger partial charge in [0, 0.05) is 19.8 Å². The molecule has 0 heterocycles. The number of esters is 1. The summed E-state index contributed by atoms with van der Waals surface area (Å²) in [6.07, 6.45) is -0.398. The van der Waals surface area contributed by atoms with Crippen LogP contribution in [0.3, 0.4) is 0 Å². The highest BCUT2D eigenvalue weighted by molar-refractivity contribution is 5.74. The monoisotopic (exact) mass is 238 g/mol. The standard InChI is InChI=1S/C13H18O4/c1-9(2)12(14)17-11-7-5-10(6-8-11)13(15-3)16-4/h5-9,13H,1-4H3. The molecule has 0 aliphatic carbocycles. The van der Waals surface area contributed by atoms with Crippen molar-refractivity contribution in [2.24, 2.45) is 5.92 Å². The molecule has 1 aromatic rings. The predicted octanol–water partition coefficient (Wildman–Crippen LogP) is 2.54. The molecule has 1 aromatic carbocycles. The van der Waals surface area contributed by atoms with Gasteiger partial charge in [-0.15, -0.1) is 0 Å². The summed E-state index contributed by atoms with van der Waals surface area (Å²) >= 11 is 0. The largest absolute Gasteiger partial charge is 0.426 e. The average molecular weight is 238 g/mol. The van der Waals surface area contributed by atoms with E-state index in [0.29, 0.717) is 5.75 Å². The molecular weight excluding hydrogens is 220 g/mol. The Balaban J connectivity index is 2.71. The van der Waals surface area contributed by atoms with Crippen LogP contribution in [0.4, 0.5) is 0 Å². The number of methoxy groups -OCH3 is 2. The molecule has 0 aliphatic rings. The van der Waals surface area contributed by atoms with Gasteiger partial charge in [0.05, 0.1) is 5.92 Å². The highest BCUT2D eigenvalue weighted by Crippen LogP contribution is 2.21. The zero-order valence-electron chi connectivity index (χ0n) is 10.6. The minimum atomic E-state index is -0.398. The second kappa shape index (κ2) is 6.37. The lowest BCUT2D eigenvalue weighted by atomic mass is 10.2. The van der Waals surface area contributed by atoms with Crippen molar-refractivity contribution >= 4 is 5.97 Å². The van der Waals surface area contributed by atoms with E-state index in [4.69, 9.17) is 14.2 Å². The Morgan fingerprint density at radius 2 is 1.59 bits per heavy atom. The van der Waals surface area contributed by atoms with Crippen LogP contribution in [-0.2, 0) is 14.3 Å². The number of carbonyl (C=O) groups excluding carboxylic acids is 1. The third-order valence-corrected chi connectivity index (χ3v) is 2.27. The van der Waals surface area contributed by atoms with E-state index >= 15 is 0 Å². The van der Waals surface area contributed by atoms with E-state index < -0.39 is 6.29 Å². The topological polar surface area (TPSA) is 44.8 Å². The lowest BCUT2D eigenvalue weighted by molar-refractivity contribution is -0.137. The Hall–Kier alpha value is -1.39. The van der Waals surface area contributed by atoms with E-state index in [-0.39, 0.29) is 11.9 Å². The summed E-state index contributed by atoms with van der Waals surface area (Å²) in [6.45, 7) is 3.59. The van der Waals surface area contributed by atoms with Gasteiger partial charge < -0.3 is 14.2 Å². The number of carbonyl (C=O) groups is 1. The third-order valence-electron chi connectivity index (χ3n) is 2.27. The van der Waals surface area contributed by atoms with E-state index in [9.17, 15) is 4.79 Å². The van der Waals surface area contributed by atoms with Crippen molar-refractivity contribution in [3.8, 4) is 5.75 Å². The number of rotatable bonds is 5.